The van der Waals surface area contributed by atoms with Crippen molar-refractivity contribution in [2.24, 2.45) is 0 Å². The molecular weight excluding hydrogens is 284 g/mol. The van der Waals surface area contributed by atoms with Gasteiger partial charge in [-0.1, -0.05) is 6.07 Å². The Balaban J connectivity index is 2.02. The monoisotopic (exact) mass is 296 g/mol. The highest BCUT2D eigenvalue weighted by molar-refractivity contribution is 7.99. The number of nitrogens with zero attached hydrogens (tertiary/aromatic N) is 6. The molecule has 104 valence electrons. The van der Waals surface area contributed by atoms with Gasteiger partial charge in [0.1, 0.15) is 16.8 Å². The first-order valence-corrected chi connectivity index (χ1v) is 7.15. The van der Waals surface area contributed by atoms with Crippen molar-refractivity contribution in [1.29, 1.82) is 5.26 Å². The second-order valence-corrected chi connectivity index (χ2v) is 5.58. The number of hydrogen-bond acceptors (Lipinski definition) is 6. The molecular formula is C14H12N6S. The summed E-state index contributed by atoms with van der Waals surface area (Å²) in [5.74, 6) is 0.578. The predicted octanol–water partition coefficient (Wildman–Crippen LogP) is 2.47. The Morgan fingerprint density at radius 2 is 1.95 bits per heavy atom. The van der Waals surface area contributed by atoms with Gasteiger partial charge >= 0.3 is 0 Å². The largest absolute Gasteiger partial charge is 0.253 e. The van der Waals surface area contributed by atoms with Crippen molar-refractivity contribution < 1.29 is 0 Å². The normalized spacial score (nSPS) is 10.8. The van der Waals surface area contributed by atoms with E-state index in [9.17, 15) is 0 Å². The molecule has 21 heavy (non-hydrogen) atoms. The molecule has 0 spiro atoms. The summed E-state index contributed by atoms with van der Waals surface area (Å²) in [5.41, 5.74) is 3.46. The highest BCUT2D eigenvalue weighted by atomic mass is 32.2. The van der Waals surface area contributed by atoms with Gasteiger partial charge in [-0.15, -0.1) is 5.10 Å². The zero-order valence-corrected chi connectivity index (χ0v) is 12.6. The van der Waals surface area contributed by atoms with Crippen molar-refractivity contribution in [3.63, 3.8) is 0 Å². The van der Waals surface area contributed by atoms with Crippen molar-refractivity contribution in [2.75, 3.05) is 0 Å². The van der Waals surface area contributed by atoms with E-state index in [1.807, 2.05) is 32.9 Å². The van der Waals surface area contributed by atoms with Crippen LogP contribution in [0.1, 0.15) is 22.6 Å². The molecule has 7 heteroatoms. The minimum atomic E-state index is 0.379. The number of fused-ring (bicyclic) bond motifs is 1. The molecule has 0 aliphatic carbocycles. The summed E-state index contributed by atoms with van der Waals surface area (Å²) in [6, 6.07) is 7.31. The third-order valence-electron chi connectivity index (χ3n) is 3.28. The second-order valence-electron chi connectivity index (χ2n) is 4.59. The standard InChI is InChI=1S/C14H12N6S/c1-8-9(2)16-13-18-14(19-20(13)10(8)3)21-12-6-4-5-11(7-15)17-12/h4-6H,1-3H3. The van der Waals surface area contributed by atoms with E-state index < -0.39 is 0 Å². The topological polar surface area (TPSA) is 79.8 Å². The summed E-state index contributed by atoms with van der Waals surface area (Å²) in [6.07, 6.45) is 0. The molecule has 0 saturated heterocycles. The molecule has 6 nitrogen and oxygen atoms in total. The van der Waals surface area contributed by atoms with Crippen LogP contribution >= 0.6 is 11.8 Å². The fourth-order valence-corrected chi connectivity index (χ4v) is 2.64. The van der Waals surface area contributed by atoms with E-state index in [0.29, 0.717) is 21.7 Å². The Labute approximate surface area is 125 Å². The van der Waals surface area contributed by atoms with Crippen LogP contribution in [0.3, 0.4) is 0 Å². The fourth-order valence-electron chi connectivity index (χ4n) is 1.91. The van der Waals surface area contributed by atoms with Crippen LogP contribution in [0.5, 0.6) is 0 Å². The fraction of sp³-hybridized carbons (Fsp3) is 0.214. The zero-order chi connectivity index (χ0) is 15.0. The molecule has 0 aliphatic rings. The van der Waals surface area contributed by atoms with Crippen molar-refractivity contribution >= 4 is 17.5 Å². The van der Waals surface area contributed by atoms with Crippen molar-refractivity contribution in [2.45, 2.75) is 31.0 Å². The molecule has 3 heterocycles. The average Bonchev–Trinajstić information content (AvgIpc) is 2.87. The summed E-state index contributed by atoms with van der Waals surface area (Å²) >= 11 is 1.32. The van der Waals surface area contributed by atoms with Crippen molar-refractivity contribution in [3.05, 3.63) is 40.8 Å². The van der Waals surface area contributed by atoms with Crippen LogP contribution in [0.4, 0.5) is 0 Å². The van der Waals surface area contributed by atoms with Gasteiger partial charge in [-0.2, -0.15) is 10.2 Å². The highest BCUT2D eigenvalue weighted by Gasteiger charge is 2.12. The lowest BCUT2D eigenvalue weighted by molar-refractivity contribution is 0.831. The molecule has 0 N–H and O–H groups in total. The minimum absolute atomic E-state index is 0.379. The summed E-state index contributed by atoms with van der Waals surface area (Å²) in [4.78, 5) is 13.0. The predicted molar refractivity (Wildman–Crippen MR) is 78.1 cm³/mol. The third-order valence-corrected chi connectivity index (χ3v) is 4.07. The molecule has 0 fully saturated rings. The van der Waals surface area contributed by atoms with E-state index in [1.165, 1.54) is 11.8 Å². The molecule has 0 radical (unpaired) electrons. The lowest BCUT2D eigenvalue weighted by atomic mass is 10.2. The molecule has 3 rings (SSSR count). The van der Waals surface area contributed by atoms with Gasteiger partial charge in [0.15, 0.2) is 0 Å². The van der Waals surface area contributed by atoms with Gasteiger partial charge in [-0.25, -0.2) is 14.5 Å². The smallest absolute Gasteiger partial charge is 0.230 e. The van der Waals surface area contributed by atoms with Crippen LogP contribution in [-0.2, 0) is 0 Å². The number of hydrogen-bond donors (Lipinski definition) is 0. The van der Waals surface area contributed by atoms with Gasteiger partial charge in [0.05, 0.1) is 0 Å². The SMILES string of the molecule is Cc1nc2nc(Sc3cccc(C#N)n3)nn2c(C)c1C. The summed E-state index contributed by atoms with van der Waals surface area (Å²) in [6.45, 7) is 5.97. The van der Waals surface area contributed by atoms with Crippen LogP contribution in [-0.4, -0.2) is 24.6 Å². The third kappa shape index (κ3) is 2.45. The maximum atomic E-state index is 8.87. The second kappa shape index (κ2) is 5.14. The summed E-state index contributed by atoms with van der Waals surface area (Å²) in [5, 5.41) is 14.6. The molecule has 0 atom stereocenters. The number of pyridine rings is 1. The Hall–Kier alpha value is -2.46. The van der Waals surface area contributed by atoms with E-state index in [0.717, 1.165) is 17.0 Å². The van der Waals surface area contributed by atoms with Crippen LogP contribution in [0.25, 0.3) is 5.78 Å². The molecule has 0 unspecified atom stereocenters. The molecule has 0 saturated carbocycles. The van der Waals surface area contributed by atoms with Crippen LogP contribution in [0, 0.1) is 32.1 Å². The summed E-state index contributed by atoms with van der Waals surface area (Å²) in [7, 11) is 0. The van der Waals surface area contributed by atoms with Crippen LogP contribution in [0.15, 0.2) is 28.4 Å². The first-order valence-electron chi connectivity index (χ1n) is 6.34. The number of rotatable bonds is 2. The van der Waals surface area contributed by atoms with Gasteiger partial charge in [-0.3, -0.25) is 0 Å². The molecule has 0 amide bonds. The number of nitriles is 1. The Bertz CT molecular complexity index is 877. The first kappa shape index (κ1) is 13.5. The van der Waals surface area contributed by atoms with E-state index in [4.69, 9.17) is 5.26 Å². The minimum Gasteiger partial charge on any atom is -0.230 e. The van der Waals surface area contributed by atoms with Crippen molar-refractivity contribution in [3.8, 4) is 6.07 Å². The van der Waals surface area contributed by atoms with Crippen LogP contribution < -0.4 is 0 Å². The van der Waals surface area contributed by atoms with E-state index in [2.05, 4.69) is 20.1 Å². The molecule has 3 aromatic heterocycles. The van der Waals surface area contributed by atoms with Gasteiger partial charge in [0.25, 0.3) is 5.78 Å². The van der Waals surface area contributed by atoms with Gasteiger partial charge in [-0.05, 0) is 50.2 Å². The summed E-state index contributed by atoms with van der Waals surface area (Å²) < 4.78 is 1.73. The number of aryl methyl sites for hydroxylation is 2. The van der Waals surface area contributed by atoms with Gasteiger partial charge in [0.2, 0.25) is 5.16 Å². The first-order chi connectivity index (χ1) is 10.1. The van der Waals surface area contributed by atoms with E-state index in [-0.39, 0.29) is 0 Å². The van der Waals surface area contributed by atoms with Crippen molar-refractivity contribution in [1.82, 2.24) is 24.6 Å². The lowest BCUT2D eigenvalue weighted by Gasteiger charge is -2.04. The average molecular weight is 296 g/mol. The molecule has 0 bridgehead atoms. The van der Waals surface area contributed by atoms with Gasteiger partial charge < -0.3 is 0 Å². The quantitative estimate of drug-likeness (QED) is 0.722. The maximum absolute atomic E-state index is 8.87. The molecule has 3 aromatic rings. The Kier molecular flexibility index (Phi) is 3.31. The van der Waals surface area contributed by atoms with E-state index in [1.54, 1.807) is 16.6 Å². The maximum Gasteiger partial charge on any atom is 0.253 e. The molecule has 0 aliphatic heterocycles. The lowest BCUT2D eigenvalue weighted by Crippen LogP contribution is -2.02. The molecule has 0 aromatic carbocycles. The Morgan fingerprint density at radius 3 is 2.71 bits per heavy atom. The zero-order valence-electron chi connectivity index (χ0n) is 11.8. The van der Waals surface area contributed by atoms with Crippen LogP contribution in [0.2, 0.25) is 0 Å². The Morgan fingerprint density at radius 1 is 1.14 bits per heavy atom. The van der Waals surface area contributed by atoms with E-state index >= 15 is 0 Å². The van der Waals surface area contributed by atoms with Gasteiger partial charge in [0, 0.05) is 11.4 Å². The number of aromatic nitrogens is 5. The highest BCUT2D eigenvalue weighted by Crippen LogP contribution is 2.24.